The molecule has 6 heteroatoms. The minimum absolute atomic E-state index is 0.133. The predicted octanol–water partition coefficient (Wildman–Crippen LogP) is 2.10. The highest BCUT2D eigenvalue weighted by molar-refractivity contribution is 5.91. The van der Waals surface area contributed by atoms with Crippen LogP contribution in [-0.4, -0.2) is 49.6 Å². The molecular formula is C20H24O6. The van der Waals surface area contributed by atoms with E-state index in [1.807, 2.05) is 0 Å². The van der Waals surface area contributed by atoms with Gasteiger partial charge in [0.2, 0.25) is 0 Å². The Morgan fingerprint density at radius 2 is 1.27 bits per heavy atom. The first-order valence-corrected chi connectivity index (χ1v) is 9.17. The van der Waals surface area contributed by atoms with E-state index in [2.05, 4.69) is 13.2 Å². The molecule has 6 unspecified atom stereocenters. The van der Waals surface area contributed by atoms with Gasteiger partial charge in [0, 0.05) is 24.0 Å². The zero-order valence-corrected chi connectivity index (χ0v) is 14.7. The van der Waals surface area contributed by atoms with Crippen molar-refractivity contribution in [1.29, 1.82) is 0 Å². The Kier molecular flexibility index (Phi) is 4.71. The van der Waals surface area contributed by atoms with Crippen LogP contribution >= 0.6 is 0 Å². The molecule has 4 rings (SSSR count). The first-order valence-electron chi connectivity index (χ1n) is 9.17. The van der Waals surface area contributed by atoms with Crippen LogP contribution in [0.5, 0.6) is 0 Å². The van der Waals surface area contributed by atoms with Gasteiger partial charge in [-0.25, -0.2) is 9.59 Å². The monoisotopic (exact) mass is 360 g/mol. The maximum Gasteiger partial charge on any atom is 0.331 e. The van der Waals surface area contributed by atoms with Gasteiger partial charge in [0.25, 0.3) is 0 Å². The van der Waals surface area contributed by atoms with Crippen LogP contribution in [0.3, 0.4) is 0 Å². The van der Waals surface area contributed by atoms with Crippen LogP contribution in [0.4, 0.5) is 0 Å². The quantitative estimate of drug-likeness (QED) is 0.312. The van der Waals surface area contributed by atoms with Crippen LogP contribution in [0.15, 0.2) is 36.5 Å². The molecule has 0 N–H and O–H groups in total. The van der Waals surface area contributed by atoms with Gasteiger partial charge in [-0.3, -0.25) is 0 Å². The smallest absolute Gasteiger partial charge is 0.331 e. The van der Waals surface area contributed by atoms with Gasteiger partial charge in [0.05, 0.1) is 37.6 Å². The van der Waals surface area contributed by atoms with E-state index in [1.165, 1.54) is 0 Å². The largest absolute Gasteiger partial charge is 0.462 e. The van der Waals surface area contributed by atoms with Crippen molar-refractivity contribution in [3.05, 3.63) is 36.5 Å². The Balaban J connectivity index is 1.15. The molecule has 0 spiro atoms. The zero-order chi connectivity index (χ0) is 18.3. The van der Waals surface area contributed by atoms with Crippen molar-refractivity contribution in [2.45, 2.75) is 50.1 Å². The molecule has 2 aliphatic heterocycles. The van der Waals surface area contributed by atoms with Crippen molar-refractivity contribution >= 4 is 11.9 Å². The van der Waals surface area contributed by atoms with E-state index in [-0.39, 0.29) is 25.0 Å². The van der Waals surface area contributed by atoms with E-state index < -0.39 is 11.9 Å². The fourth-order valence-electron chi connectivity index (χ4n) is 3.85. The summed E-state index contributed by atoms with van der Waals surface area (Å²) < 4.78 is 21.4. The molecule has 4 aliphatic rings. The average molecular weight is 360 g/mol. The topological polar surface area (TPSA) is 77.7 Å². The fraction of sp³-hybridized carbons (Fsp3) is 0.600. The molecule has 2 saturated heterocycles. The van der Waals surface area contributed by atoms with Crippen LogP contribution in [0.1, 0.15) is 25.7 Å². The summed E-state index contributed by atoms with van der Waals surface area (Å²) in [7, 11) is 0. The van der Waals surface area contributed by atoms with Gasteiger partial charge >= 0.3 is 11.9 Å². The standard InChI is InChI=1S/C20H24O6/c1-11-5-15-17(25-15)7-13(11)9-23-19(21)3-4-20(22)24-10-14-8-18-16(26-18)6-12(14)2/h3-4,13-18H,1-2,5-10H2/b4-3-. The summed E-state index contributed by atoms with van der Waals surface area (Å²) in [5.74, 6) is -0.836. The van der Waals surface area contributed by atoms with Gasteiger partial charge in [0.1, 0.15) is 0 Å². The molecule has 2 aliphatic carbocycles. The van der Waals surface area contributed by atoms with Crippen molar-refractivity contribution in [1.82, 2.24) is 0 Å². The van der Waals surface area contributed by atoms with Gasteiger partial charge in [-0.05, 0) is 25.7 Å². The molecule has 2 saturated carbocycles. The Labute approximate surface area is 152 Å². The summed E-state index contributed by atoms with van der Waals surface area (Å²) in [4.78, 5) is 23.6. The van der Waals surface area contributed by atoms with Crippen molar-refractivity contribution < 1.29 is 28.5 Å². The Morgan fingerprint density at radius 3 is 1.69 bits per heavy atom. The van der Waals surface area contributed by atoms with E-state index in [9.17, 15) is 9.59 Å². The van der Waals surface area contributed by atoms with Gasteiger partial charge < -0.3 is 18.9 Å². The maximum atomic E-state index is 11.8. The van der Waals surface area contributed by atoms with Crippen molar-refractivity contribution in [3.63, 3.8) is 0 Å². The number of carbonyl (C=O) groups excluding carboxylic acids is 2. The molecule has 0 amide bonds. The van der Waals surface area contributed by atoms with E-state index in [0.29, 0.717) is 24.4 Å². The molecule has 0 radical (unpaired) electrons. The lowest BCUT2D eigenvalue weighted by Gasteiger charge is -2.21. The summed E-state index contributed by atoms with van der Waals surface area (Å²) in [6.45, 7) is 8.60. The predicted molar refractivity (Wildman–Crippen MR) is 92.1 cm³/mol. The molecule has 6 atom stereocenters. The first-order chi connectivity index (χ1) is 12.5. The third kappa shape index (κ3) is 4.07. The molecule has 0 aromatic heterocycles. The van der Waals surface area contributed by atoms with E-state index >= 15 is 0 Å². The van der Waals surface area contributed by atoms with E-state index in [1.54, 1.807) is 0 Å². The third-order valence-corrected chi connectivity index (χ3v) is 5.70. The van der Waals surface area contributed by atoms with Crippen LogP contribution in [0.2, 0.25) is 0 Å². The Hall–Kier alpha value is -1.92. The van der Waals surface area contributed by atoms with E-state index in [0.717, 1.165) is 49.0 Å². The summed E-state index contributed by atoms with van der Waals surface area (Å²) in [5, 5.41) is 0. The Bertz CT molecular complexity index is 609. The number of rotatable bonds is 6. The van der Waals surface area contributed by atoms with Crippen LogP contribution in [0, 0.1) is 11.8 Å². The number of epoxide rings is 2. The highest BCUT2D eigenvalue weighted by Gasteiger charge is 2.46. The highest BCUT2D eigenvalue weighted by atomic mass is 16.6. The summed E-state index contributed by atoms with van der Waals surface area (Å²) in [6.07, 6.45) is 6.82. The number of ether oxygens (including phenoxy) is 4. The maximum absolute atomic E-state index is 11.8. The number of fused-ring (bicyclic) bond motifs is 2. The summed E-state index contributed by atoms with van der Waals surface area (Å²) in [6, 6.07) is 0. The molecule has 0 aromatic carbocycles. The molecule has 2 heterocycles. The number of esters is 2. The lowest BCUT2D eigenvalue weighted by molar-refractivity contribution is -0.141. The van der Waals surface area contributed by atoms with Gasteiger partial charge in [-0.1, -0.05) is 24.3 Å². The molecule has 140 valence electrons. The summed E-state index contributed by atoms with van der Waals surface area (Å²) in [5.41, 5.74) is 2.13. The second-order valence-electron chi connectivity index (χ2n) is 7.61. The average Bonchev–Trinajstić information content (AvgIpc) is 3.51. The molecule has 26 heavy (non-hydrogen) atoms. The van der Waals surface area contributed by atoms with Crippen LogP contribution in [0.25, 0.3) is 0 Å². The van der Waals surface area contributed by atoms with Crippen molar-refractivity contribution in [2.24, 2.45) is 11.8 Å². The zero-order valence-electron chi connectivity index (χ0n) is 14.7. The number of hydrogen-bond acceptors (Lipinski definition) is 6. The molecule has 4 fully saturated rings. The molecule has 0 bridgehead atoms. The fourth-order valence-corrected chi connectivity index (χ4v) is 3.85. The van der Waals surface area contributed by atoms with Crippen LogP contribution in [-0.2, 0) is 28.5 Å². The number of carbonyl (C=O) groups is 2. The first kappa shape index (κ1) is 17.5. The minimum atomic E-state index is -0.551. The third-order valence-electron chi connectivity index (χ3n) is 5.70. The Morgan fingerprint density at radius 1 is 0.846 bits per heavy atom. The minimum Gasteiger partial charge on any atom is -0.462 e. The lowest BCUT2D eigenvalue weighted by atomic mass is 9.86. The summed E-state index contributed by atoms with van der Waals surface area (Å²) >= 11 is 0. The normalized spacial score (nSPS) is 37.7. The van der Waals surface area contributed by atoms with Crippen molar-refractivity contribution in [2.75, 3.05) is 13.2 Å². The van der Waals surface area contributed by atoms with Gasteiger partial charge in [-0.15, -0.1) is 0 Å². The molecule has 0 aromatic rings. The highest BCUT2D eigenvalue weighted by Crippen LogP contribution is 2.42. The van der Waals surface area contributed by atoms with Gasteiger partial charge in [-0.2, -0.15) is 0 Å². The van der Waals surface area contributed by atoms with Crippen LogP contribution < -0.4 is 0 Å². The second-order valence-corrected chi connectivity index (χ2v) is 7.61. The number of hydrogen-bond donors (Lipinski definition) is 0. The SMILES string of the molecule is C=C1CC2OC2CC1COC(=O)/C=C\C(=O)OCC1CC2OC2CC1=C. The van der Waals surface area contributed by atoms with E-state index in [4.69, 9.17) is 18.9 Å². The molecule has 6 nitrogen and oxygen atoms in total. The second kappa shape index (κ2) is 7.00. The van der Waals surface area contributed by atoms with Crippen molar-refractivity contribution in [3.8, 4) is 0 Å². The molecular weight excluding hydrogens is 336 g/mol. The van der Waals surface area contributed by atoms with Gasteiger partial charge in [0.15, 0.2) is 0 Å². The lowest BCUT2D eigenvalue weighted by Crippen LogP contribution is -2.22.